The summed E-state index contributed by atoms with van der Waals surface area (Å²) in [5.41, 5.74) is 0.575. The van der Waals surface area contributed by atoms with Gasteiger partial charge < -0.3 is 15.5 Å². The van der Waals surface area contributed by atoms with Gasteiger partial charge in [0.25, 0.3) is 5.91 Å². The maximum Gasteiger partial charge on any atom is 0.321 e. The second kappa shape index (κ2) is 6.54. The molecule has 124 valence electrons. The fourth-order valence-corrected chi connectivity index (χ4v) is 3.13. The topological polar surface area (TPSA) is 64.7 Å². The second-order valence-electron chi connectivity index (χ2n) is 5.93. The molecule has 1 aromatic carbocycles. The number of carbonyl (C=O) groups excluding carboxylic acids is 2. The number of hydrogen-bond acceptors (Lipinski definition) is 3. The summed E-state index contributed by atoms with van der Waals surface area (Å²) in [6.45, 7) is 2.27. The average Bonchev–Trinajstić information content (AvgIpc) is 3.01. The Hall–Kier alpha value is -2.15. The number of likely N-dealkylation sites (N-methyl/N-ethyl adjacent to an activating group) is 1. The van der Waals surface area contributed by atoms with Crippen LogP contribution in [0.4, 0.5) is 14.9 Å². The highest BCUT2D eigenvalue weighted by Gasteiger charge is 2.27. The molecule has 2 heterocycles. The van der Waals surface area contributed by atoms with Gasteiger partial charge in [0.05, 0.1) is 5.56 Å². The van der Waals surface area contributed by atoms with Gasteiger partial charge in [-0.3, -0.25) is 9.69 Å². The van der Waals surface area contributed by atoms with Gasteiger partial charge in [0.1, 0.15) is 5.82 Å². The van der Waals surface area contributed by atoms with E-state index < -0.39 is 5.82 Å². The molecule has 2 N–H and O–H groups in total. The third-order valence-electron chi connectivity index (χ3n) is 4.47. The van der Waals surface area contributed by atoms with Gasteiger partial charge in [-0.25, -0.2) is 9.18 Å². The highest BCUT2D eigenvalue weighted by Crippen LogP contribution is 2.23. The van der Waals surface area contributed by atoms with E-state index in [0.717, 1.165) is 12.8 Å². The van der Waals surface area contributed by atoms with Crippen molar-refractivity contribution in [3.63, 3.8) is 0 Å². The van der Waals surface area contributed by atoms with Crippen LogP contribution in [-0.2, 0) is 0 Å². The van der Waals surface area contributed by atoms with E-state index in [2.05, 4.69) is 10.6 Å². The Labute approximate surface area is 134 Å². The van der Waals surface area contributed by atoms with E-state index in [9.17, 15) is 14.0 Å². The SMILES string of the molecule is CNC1CCCN(C(=O)c2cc(N3CCNC3=O)ccc2F)C1. The van der Waals surface area contributed by atoms with E-state index in [1.54, 1.807) is 4.90 Å². The van der Waals surface area contributed by atoms with Gasteiger partial charge in [0.2, 0.25) is 0 Å². The summed E-state index contributed by atoms with van der Waals surface area (Å²) < 4.78 is 14.2. The molecule has 1 atom stereocenters. The number of piperidine rings is 1. The second-order valence-corrected chi connectivity index (χ2v) is 5.93. The molecule has 2 saturated heterocycles. The monoisotopic (exact) mass is 320 g/mol. The number of halogens is 1. The molecular formula is C16H21FN4O2. The van der Waals surface area contributed by atoms with Crippen LogP contribution < -0.4 is 15.5 Å². The maximum absolute atomic E-state index is 14.2. The van der Waals surface area contributed by atoms with Gasteiger partial charge >= 0.3 is 6.03 Å². The molecule has 2 aliphatic heterocycles. The lowest BCUT2D eigenvalue weighted by atomic mass is 10.0. The summed E-state index contributed by atoms with van der Waals surface area (Å²) >= 11 is 0. The Bertz CT molecular complexity index is 622. The number of nitrogens with one attached hydrogen (secondary N) is 2. The largest absolute Gasteiger partial charge is 0.337 e. The van der Waals surface area contributed by atoms with Crippen LogP contribution in [0.1, 0.15) is 23.2 Å². The smallest absolute Gasteiger partial charge is 0.321 e. The molecule has 2 aliphatic rings. The lowest BCUT2D eigenvalue weighted by Crippen LogP contribution is -2.47. The third-order valence-corrected chi connectivity index (χ3v) is 4.47. The predicted molar refractivity (Wildman–Crippen MR) is 85.1 cm³/mol. The Balaban J connectivity index is 1.83. The Morgan fingerprint density at radius 1 is 1.39 bits per heavy atom. The van der Waals surface area contributed by atoms with Gasteiger partial charge in [-0.2, -0.15) is 0 Å². The molecule has 2 fully saturated rings. The first-order valence-electron chi connectivity index (χ1n) is 7.91. The molecule has 6 nitrogen and oxygen atoms in total. The first-order chi connectivity index (χ1) is 11.1. The summed E-state index contributed by atoms with van der Waals surface area (Å²) in [5.74, 6) is -0.867. The zero-order chi connectivity index (χ0) is 16.4. The molecule has 0 saturated carbocycles. The van der Waals surface area contributed by atoms with Crippen molar-refractivity contribution in [3.05, 3.63) is 29.6 Å². The van der Waals surface area contributed by atoms with E-state index >= 15 is 0 Å². The van der Waals surface area contributed by atoms with E-state index in [1.807, 2.05) is 7.05 Å². The Kier molecular flexibility index (Phi) is 4.47. The molecule has 3 amide bonds. The minimum Gasteiger partial charge on any atom is -0.337 e. The summed E-state index contributed by atoms with van der Waals surface area (Å²) in [6.07, 6.45) is 1.91. The molecule has 0 radical (unpaired) electrons. The first-order valence-corrected chi connectivity index (χ1v) is 7.91. The third kappa shape index (κ3) is 3.14. The maximum atomic E-state index is 14.2. The van der Waals surface area contributed by atoms with Crippen molar-refractivity contribution in [1.29, 1.82) is 0 Å². The van der Waals surface area contributed by atoms with E-state index in [1.165, 1.54) is 23.1 Å². The van der Waals surface area contributed by atoms with Crippen LogP contribution in [-0.4, -0.2) is 56.1 Å². The lowest BCUT2D eigenvalue weighted by Gasteiger charge is -2.32. The number of hydrogen-bond donors (Lipinski definition) is 2. The van der Waals surface area contributed by atoms with Crippen LogP contribution >= 0.6 is 0 Å². The van der Waals surface area contributed by atoms with Crippen molar-refractivity contribution >= 4 is 17.6 Å². The fourth-order valence-electron chi connectivity index (χ4n) is 3.13. The van der Waals surface area contributed by atoms with Crippen molar-refractivity contribution in [2.45, 2.75) is 18.9 Å². The quantitative estimate of drug-likeness (QED) is 0.879. The summed E-state index contributed by atoms with van der Waals surface area (Å²) in [7, 11) is 1.87. The number of carbonyl (C=O) groups is 2. The van der Waals surface area contributed by atoms with E-state index in [-0.39, 0.29) is 23.5 Å². The van der Waals surface area contributed by atoms with Crippen LogP contribution in [0.25, 0.3) is 0 Å². The van der Waals surface area contributed by atoms with Gasteiger partial charge in [0.15, 0.2) is 0 Å². The van der Waals surface area contributed by atoms with Crippen LogP contribution in [0.15, 0.2) is 18.2 Å². The molecule has 0 aliphatic carbocycles. The molecule has 1 aromatic rings. The zero-order valence-electron chi connectivity index (χ0n) is 13.1. The molecule has 0 bridgehead atoms. The molecule has 0 spiro atoms. The Morgan fingerprint density at radius 3 is 2.91 bits per heavy atom. The molecule has 3 rings (SSSR count). The zero-order valence-corrected chi connectivity index (χ0v) is 13.1. The van der Waals surface area contributed by atoms with Crippen LogP contribution in [0.5, 0.6) is 0 Å². The molecule has 7 heteroatoms. The normalized spacial score (nSPS) is 21.5. The van der Waals surface area contributed by atoms with Gasteiger partial charge in [-0.1, -0.05) is 0 Å². The highest BCUT2D eigenvalue weighted by molar-refractivity contribution is 5.98. The summed E-state index contributed by atoms with van der Waals surface area (Å²) in [6, 6.07) is 4.29. The van der Waals surface area contributed by atoms with Crippen LogP contribution in [0.3, 0.4) is 0 Å². The van der Waals surface area contributed by atoms with Crippen molar-refractivity contribution in [3.8, 4) is 0 Å². The van der Waals surface area contributed by atoms with Crippen LogP contribution in [0, 0.1) is 5.82 Å². The van der Waals surface area contributed by atoms with Crippen molar-refractivity contribution in [1.82, 2.24) is 15.5 Å². The molecule has 1 unspecified atom stereocenters. The summed E-state index contributed by atoms with van der Waals surface area (Å²) in [4.78, 5) is 27.6. The number of urea groups is 1. The van der Waals surface area contributed by atoms with Gasteiger partial charge in [-0.05, 0) is 38.1 Å². The summed E-state index contributed by atoms with van der Waals surface area (Å²) in [5, 5.41) is 5.87. The average molecular weight is 320 g/mol. The van der Waals surface area contributed by atoms with Gasteiger partial charge in [-0.15, -0.1) is 0 Å². The number of rotatable bonds is 3. The highest BCUT2D eigenvalue weighted by atomic mass is 19.1. The van der Waals surface area contributed by atoms with E-state index in [0.29, 0.717) is 31.9 Å². The number of anilines is 1. The minimum atomic E-state index is -0.551. The molecule has 0 aromatic heterocycles. The Morgan fingerprint density at radius 2 is 2.22 bits per heavy atom. The first kappa shape index (κ1) is 15.7. The van der Waals surface area contributed by atoms with Gasteiger partial charge in [0, 0.05) is 37.9 Å². The number of nitrogens with zero attached hydrogens (tertiary/aromatic N) is 2. The number of likely N-dealkylation sites (tertiary alicyclic amines) is 1. The molecule has 23 heavy (non-hydrogen) atoms. The number of amides is 3. The van der Waals surface area contributed by atoms with Crippen molar-refractivity contribution in [2.24, 2.45) is 0 Å². The molecular weight excluding hydrogens is 299 g/mol. The van der Waals surface area contributed by atoms with Crippen molar-refractivity contribution in [2.75, 3.05) is 38.1 Å². The van der Waals surface area contributed by atoms with Crippen LogP contribution in [0.2, 0.25) is 0 Å². The predicted octanol–water partition coefficient (Wildman–Crippen LogP) is 1.18. The van der Waals surface area contributed by atoms with Crippen molar-refractivity contribution < 1.29 is 14.0 Å². The number of benzene rings is 1. The standard InChI is InChI=1S/C16H21FN4O2/c1-18-11-3-2-7-20(10-11)15(22)13-9-12(4-5-14(13)17)21-8-6-19-16(21)23/h4-5,9,11,18H,2-3,6-8,10H2,1H3,(H,19,23). The fraction of sp³-hybridized carbons (Fsp3) is 0.500. The minimum absolute atomic E-state index is 0.0268. The lowest BCUT2D eigenvalue weighted by molar-refractivity contribution is 0.0693. The van der Waals surface area contributed by atoms with E-state index in [4.69, 9.17) is 0 Å².